The summed E-state index contributed by atoms with van der Waals surface area (Å²) in [5.74, 6) is -2.51. The summed E-state index contributed by atoms with van der Waals surface area (Å²) < 4.78 is 0. The molecule has 0 unspecified atom stereocenters. The molecule has 0 amide bonds. The Morgan fingerprint density at radius 3 is 1.89 bits per heavy atom. The van der Waals surface area contributed by atoms with Crippen LogP contribution < -0.4 is 5.32 Å². The molecular formula is C4H13NO4. The average molecular weight is 139 g/mol. The first-order valence-corrected chi connectivity index (χ1v) is 2.38. The van der Waals surface area contributed by atoms with Gasteiger partial charge in [-0.1, -0.05) is 0 Å². The Labute approximate surface area is 53.2 Å². The SMILES string of the molecule is CNCCC(O)(O)O.O. The Morgan fingerprint density at radius 2 is 1.78 bits per heavy atom. The van der Waals surface area contributed by atoms with Crippen molar-refractivity contribution in [1.82, 2.24) is 5.32 Å². The molecule has 58 valence electrons. The summed E-state index contributed by atoms with van der Waals surface area (Å²) in [6.45, 7) is 0.378. The highest BCUT2D eigenvalue weighted by Gasteiger charge is 2.15. The molecule has 0 aromatic carbocycles. The monoisotopic (exact) mass is 139 g/mol. The maximum absolute atomic E-state index is 8.22. The summed E-state index contributed by atoms with van der Waals surface area (Å²) in [6.07, 6.45) is -0.0799. The Hall–Kier alpha value is -0.200. The van der Waals surface area contributed by atoms with Crippen molar-refractivity contribution in [3.05, 3.63) is 0 Å². The molecule has 9 heavy (non-hydrogen) atoms. The molecule has 0 atom stereocenters. The average Bonchev–Trinajstić information content (AvgIpc) is 1.59. The van der Waals surface area contributed by atoms with Crippen molar-refractivity contribution in [3.8, 4) is 0 Å². The van der Waals surface area contributed by atoms with Crippen molar-refractivity contribution in [2.75, 3.05) is 13.6 Å². The number of aliphatic hydroxyl groups is 3. The summed E-state index contributed by atoms with van der Waals surface area (Å²) >= 11 is 0. The van der Waals surface area contributed by atoms with Gasteiger partial charge in [0.1, 0.15) is 0 Å². The summed E-state index contributed by atoms with van der Waals surface area (Å²) in [6, 6.07) is 0. The molecule has 0 spiro atoms. The maximum Gasteiger partial charge on any atom is 0.276 e. The quantitative estimate of drug-likeness (QED) is 0.322. The van der Waals surface area contributed by atoms with Crippen LogP contribution in [0.1, 0.15) is 6.42 Å². The molecule has 0 radical (unpaired) electrons. The molecule has 0 aromatic rings. The summed E-state index contributed by atoms with van der Waals surface area (Å²) in [5, 5.41) is 27.3. The van der Waals surface area contributed by atoms with Crippen LogP contribution in [0.25, 0.3) is 0 Å². The third kappa shape index (κ3) is 11.4. The predicted octanol–water partition coefficient (Wildman–Crippen LogP) is -2.60. The minimum absolute atomic E-state index is 0. The van der Waals surface area contributed by atoms with Gasteiger partial charge in [-0.05, 0) is 7.05 Å². The predicted molar refractivity (Wildman–Crippen MR) is 31.5 cm³/mol. The van der Waals surface area contributed by atoms with Gasteiger partial charge in [-0.25, -0.2) is 0 Å². The normalized spacial score (nSPS) is 10.7. The number of hydrogen-bond acceptors (Lipinski definition) is 4. The Morgan fingerprint density at radius 1 is 1.33 bits per heavy atom. The van der Waals surface area contributed by atoms with Gasteiger partial charge in [-0.2, -0.15) is 0 Å². The largest absolute Gasteiger partial charge is 0.412 e. The van der Waals surface area contributed by atoms with Gasteiger partial charge in [0.15, 0.2) is 0 Å². The Balaban J connectivity index is 0. The van der Waals surface area contributed by atoms with E-state index in [9.17, 15) is 0 Å². The zero-order valence-electron chi connectivity index (χ0n) is 5.26. The van der Waals surface area contributed by atoms with Crippen LogP contribution in [0.2, 0.25) is 0 Å². The highest BCUT2D eigenvalue weighted by Crippen LogP contribution is 1.96. The second-order valence-electron chi connectivity index (χ2n) is 1.63. The van der Waals surface area contributed by atoms with E-state index < -0.39 is 5.97 Å². The van der Waals surface area contributed by atoms with E-state index in [1.807, 2.05) is 0 Å². The van der Waals surface area contributed by atoms with E-state index in [0.717, 1.165) is 0 Å². The molecule has 0 fully saturated rings. The molecule has 0 heterocycles. The van der Waals surface area contributed by atoms with Crippen molar-refractivity contribution in [2.24, 2.45) is 0 Å². The van der Waals surface area contributed by atoms with E-state index in [0.29, 0.717) is 6.54 Å². The molecule has 6 N–H and O–H groups in total. The third-order valence-corrected chi connectivity index (χ3v) is 0.710. The van der Waals surface area contributed by atoms with Crippen LogP contribution in [0, 0.1) is 0 Å². The van der Waals surface area contributed by atoms with E-state index in [1.165, 1.54) is 0 Å². The first kappa shape index (κ1) is 11.6. The van der Waals surface area contributed by atoms with Crippen LogP contribution in [-0.2, 0) is 0 Å². The van der Waals surface area contributed by atoms with Gasteiger partial charge >= 0.3 is 0 Å². The topological polar surface area (TPSA) is 104 Å². The number of nitrogens with one attached hydrogen (secondary N) is 1. The number of hydrogen-bond donors (Lipinski definition) is 4. The van der Waals surface area contributed by atoms with Crippen LogP contribution in [-0.4, -0.2) is 40.4 Å². The first-order chi connectivity index (χ1) is 3.56. The zero-order chi connectivity index (χ0) is 6.62. The van der Waals surface area contributed by atoms with Crippen LogP contribution >= 0.6 is 0 Å². The molecule has 0 rings (SSSR count). The van der Waals surface area contributed by atoms with Gasteiger partial charge in [0.05, 0.1) is 0 Å². The molecule has 0 aliphatic carbocycles. The Kier molecular flexibility index (Phi) is 5.99. The summed E-state index contributed by atoms with van der Waals surface area (Å²) in [7, 11) is 1.66. The van der Waals surface area contributed by atoms with Crippen LogP contribution in [0.3, 0.4) is 0 Å². The van der Waals surface area contributed by atoms with Crippen molar-refractivity contribution < 1.29 is 20.8 Å². The van der Waals surface area contributed by atoms with Gasteiger partial charge in [0.25, 0.3) is 5.97 Å². The minimum atomic E-state index is -2.51. The second-order valence-corrected chi connectivity index (χ2v) is 1.63. The van der Waals surface area contributed by atoms with Crippen LogP contribution in [0.4, 0.5) is 0 Å². The van der Waals surface area contributed by atoms with Gasteiger partial charge < -0.3 is 26.1 Å². The molecule has 0 aliphatic rings. The fourth-order valence-electron chi connectivity index (χ4n) is 0.293. The lowest BCUT2D eigenvalue weighted by atomic mass is 10.4. The molecule has 5 heteroatoms. The van der Waals surface area contributed by atoms with E-state index in [1.54, 1.807) is 7.05 Å². The zero-order valence-corrected chi connectivity index (χ0v) is 5.26. The fourth-order valence-corrected chi connectivity index (χ4v) is 0.293. The molecular weight excluding hydrogens is 126 g/mol. The maximum atomic E-state index is 8.22. The first-order valence-electron chi connectivity index (χ1n) is 2.38. The standard InChI is InChI=1S/C4H11NO3.H2O/c1-5-3-2-4(6,7)8;/h5-8H,2-3H2,1H3;1H2. The van der Waals surface area contributed by atoms with Crippen molar-refractivity contribution >= 4 is 0 Å². The highest BCUT2D eigenvalue weighted by molar-refractivity contribution is 4.47. The van der Waals surface area contributed by atoms with E-state index >= 15 is 0 Å². The minimum Gasteiger partial charge on any atom is -0.412 e. The van der Waals surface area contributed by atoms with Crippen molar-refractivity contribution in [3.63, 3.8) is 0 Å². The number of rotatable bonds is 3. The lowest BCUT2D eigenvalue weighted by Gasteiger charge is -2.12. The highest BCUT2D eigenvalue weighted by atomic mass is 16.7. The lowest BCUT2D eigenvalue weighted by Crippen LogP contribution is -2.31. The molecule has 5 nitrogen and oxygen atoms in total. The van der Waals surface area contributed by atoms with Gasteiger partial charge in [-0.3, -0.25) is 0 Å². The Bertz CT molecular complexity index is 60.1. The summed E-state index contributed by atoms with van der Waals surface area (Å²) in [4.78, 5) is 0. The van der Waals surface area contributed by atoms with Crippen molar-refractivity contribution in [1.29, 1.82) is 0 Å². The van der Waals surface area contributed by atoms with Crippen molar-refractivity contribution in [2.45, 2.75) is 12.4 Å². The van der Waals surface area contributed by atoms with E-state index in [2.05, 4.69) is 5.32 Å². The molecule has 0 saturated carbocycles. The fraction of sp³-hybridized carbons (Fsp3) is 1.00. The molecule has 0 aliphatic heterocycles. The van der Waals surface area contributed by atoms with Gasteiger partial charge in [-0.15, -0.1) is 0 Å². The van der Waals surface area contributed by atoms with Gasteiger partial charge in [0, 0.05) is 13.0 Å². The smallest absolute Gasteiger partial charge is 0.276 e. The van der Waals surface area contributed by atoms with E-state index in [-0.39, 0.29) is 11.9 Å². The van der Waals surface area contributed by atoms with Crippen LogP contribution in [0.15, 0.2) is 0 Å². The van der Waals surface area contributed by atoms with Gasteiger partial charge in [0.2, 0.25) is 0 Å². The molecule has 0 saturated heterocycles. The van der Waals surface area contributed by atoms with E-state index in [4.69, 9.17) is 15.3 Å². The van der Waals surface area contributed by atoms with Crippen LogP contribution in [0.5, 0.6) is 0 Å². The summed E-state index contributed by atoms with van der Waals surface area (Å²) in [5.41, 5.74) is 0. The molecule has 0 bridgehead atoms. The lowest BCUT2D eigenvalue weighted by molar-refractivity contribution is -0.313. The second kappa shape index (κ2) is 4.66. The third-order valence-electron chi connectivity index (χ3n) is 0.710. The molecule has 0 aromatic heterocycles.